The van der Waals surface area contributed by atoms with Crippen LogP contribution in [0.25, 0.3) is 0 Å². The van der Waals surface area contributed by atoms with Crippen LogP contribution < -0.4 is 10.5 Å². The maximum Gasteiger partial charge on any atom is 0.240 e. The highest BCUT2D eigenvalue weighted by atomic mass is 35.5. The molecule has 1 heterocycles. The summed E-state index contributed by atoms with van der Waals surface area (Å²) in [4.78, 5) is 3.99. The van der Waals surface area contributed by atoms with E-state index in [4.69, 9.17) is 38.2 Å². The SMILES string of the molecule is NCc1nc(COc2cc(Cl)cc(Cl)c2)no1. The van der Waals surface area contributed by atoms with Crippen LogP contribution in [0.5, 0.6) is 5.75 Å². The predicted molar refractivity (Wildman–Crippen MR) is 63.0 cm³/mol. The number of ether oxygens (including phenoxy) is 1. The van der Waals surface area contributed by atoms with E-state index in [9.17, 15) is 0 Å². The Hall–Kier alpha value is -1.30. The Kier molecular flexibility index (Phi) is 3.83. The van der Waals surface area contributed by atoms with E-state index in [2.05, 4.69) is 10.1 Å². The van der Waals surface area contributed by atoms with E-state index >= 15 is 0 Å². The van der Waals surface area contributed by atoms with Crippen LogP contribution in [-0.4, -0.2) is 10.1 Å². The molecule has 5 nitrogen and oxygen atoms in total. The lowest BCUT2D eigenvalue weighted by Gasteiger charge is -2.04. The molecular formula is C10H9Cl2N3O2. The summed E-state index contributed by atoms with van der Waals surface area (Å²) in [7, 11) is 0. The van der Waals surface area contributed by atoms with Gasteiger partial charge in [0.15, 0.2) is 6.61 Å². The summed E-state index contributed by atoms with van der Waals surface area (Å²) in [6, 6.07) is 4.92. The number of halogens is 2. The molecule has 1 aromatic carbocycles. The van der Waals surface area contributed by atoms with Crippen LogP contribution in [0, 0.1) is 0 Å². The van der Waals surface area contributed by atoms with E-state index < -0.39 is 0 Å². The number of hydrogen-bond donors (Lipinski definition) is 1. The van der Waals surface area contributed by atoms with Gasteiger partial charge in [-0.3, -0.25) is 0 Å². The van der Waals surface area contributed by atoms with Gasteiger partial charge in [0.1, 0.15) is 5.75 Å². The smallest absolute Gasteiger partial charge is 0.240 e. The van der Waals surface area contributed by atoms with Crippen molar-refractivity contribution in [3.8, 4) is 5.75 Å². The number of hydrogen-bond acceptors (Lipinski definition) is 5. The van der Waals surface area contributed by atoms with E-state index in [1.54, 1.807) is 18.2 Å². The van der Waals surface area contributed by atoms with E-state index in [-0.39, 0.29) is 13.2 Å². The normalized spacial score (nSPS) is 10.5. The van der Waals surface area contributed by atoms with Crippen molar-refractivity contribution in [1.29, 1.82) is 0 Å². The highest BCUT2D eigenvalue weighted by molar-refractivity contribution is 6.34. The molecular weight excluding hydrogens is 265 g/mol. The van der Waals surface area contributed by atoms with Crippen molar-refractivity contribution in [3.05, 3.63) is 40.0 Å². The Balaban J connectivity index is 2.01. The fraction of sp³-hybridized carbons (Fsp3) is 0.200. The van der Waals surface area contributed by atoms with Gasteiger partial charge in [0, 0.05) is 10.0 Å². The molecule has 7 heteroatoms. The molecule has 1 aromatic heterocycles. The van der Waals surface area contributed by atoms with Crippen LogP contribution in [0.2, 0.25) is 10.0 Å². The predicted octanol–water partition coefficient (Wildman–Crippen LogP) is 2.41. The first-order chi connectivity index (χ1) is 8.17. The Labute approximate surface area is 107 Å². The Morgan fingerprint density at radius 3 is 2.53 bits per heavy atom. The molecule has 90 valence electrons. The second-order valence-electron chi connectivity index (χ2n) is 3.20. The van der Waals surface area contributed by atoms with Crippen LogP contribution in [0.15, 0.2) is 22.7 Å². The minimum Gasteiger partial charge on any atom is -0.485 e. The van der Waals surface area contributed by atoms with E-state index in [1.807, 2.05) is 0 Å². The van der Waals surface area contributed by atoms with Gasteiger partial charge in [-0.25, -0.2) is 0 Å². The van der Waals surface area contributed by atoms with Crippen LogP contribution in [-0.2, 0) is 13.2 Å². The minimum atomic E-state index is 0.167. The number of benzene rings is 1. The summed E-state index contributed by atoms with van der Waals surface area (Å²) in [6.07, 6.45) is 0. The van der Waals surface area contributed by atoms with Crippen LogP contribution >= 0.6 is 23.2 Å². The molecule has 0 unspecified atom stereocenters. The number of aromatic nitrogens is 2. The third-order valence-electron chi connectivity index (χ3n) is 1.89. The minimum absolute atomic E-state index is 0.167. The van der Waals surface area contributed by atoms with Gasteiger partial charge >= 0.3 is 0 Å². The van der Waals surface area contributed by atoms with Crippen molar-refractivity contribution in [2.24, 2.45) is 5.73 Å². The Morgan fingerprint density at radius 1 is 1.24 bits per heavy atom. The van der Waals surface area contributed by atoms with Gasteiger partial charge in [-0.1, -0.05) is 28.4 Å². The van der Waals surface area contributed by atoms with Crippen molar-refractivity contribution in [3.63, 3.8) is 0 Å². The number of nitrogens with zero attached hydrogens (tertiary/aromatic N) is 2. The lowest BCUT2D eigenvalue weighted by atomic mass is 10.3. The maximum absolute atomic E-state index is 5.83. The summed E-state index contributed by atoms with van der Waals surface area (Å²) in [5.74, 6) is 1.33. The van der Waals surface area contributed by atoms with Gasteiger partial charge in [-0.15, -0.1) is 0 Å². The fourth-order valence-corrected chi connectivity index (χ4v) is 1.70. The monoisotopic (exact) mass is 273 g/mol. The summed E-state index contributed by atoms with van der Waals surface area (Å²) in [6.45, 7) is 0.371. The quantitative estimate of drug-likeness (QED) is 0.926. The van der Waals surface area contributed by atoms with Crippen molar-refractivity contribution < 1.29 is 9.26 Å². The standard InChI is InChI=1S/C10H9Cl2N3O2/c11-6-1-7(12)3-8(2-6)16-5-9-14-10(4-13)17-15-9/h1-3H,4-5,13H2. The lowest BCUT2D eigenvalue weighted by molar-refractivity contribution is 0.285. The molecule has 2 N–H and O–H groups in total. The number of nitrogens with two attached hydrogens (primary N) is 1. The topological polar surface area (TPSA) is 74.2 Å². The molecule has 0 aliphatic carbocycles. The molecule has 0 saturated heterocycles. The van der Waals surface area contributed by atoms with E-state index in [1.165, 1.54) is 0 Å². The average Bonchev–Trinajstić information content (AvgIpc) is 2.73. The zero-order chi connectivity index (χ0) is 12.3. The molecule has 0 saturated carbocycles. The molecule has 0 atom stereocenters. The van der Waals surface area contributed by atoms with E-state index in [0.29, 0.717) is 27.5 Å². The summed E-state index contributed by atoms with van der Waals surface area (Å²) >= 11 is 11.7. The maximum atomic E-state index is 5.83. The fourth-order valence-electron chi connectivity index (χ4n) is 1.19. The first-order valence-electron chi connectivity index (χ1n) is 4.78. The molecule has 0 aliphatic rings. The van der Waals surface area contributed by atoms with Gasteiger partial charge in [0.05, 0.1) is 6.54 Å². The molecule has 0 fully saturated rings. The van der Waals surface area contributed by atoms with Crippen molar-refractivity contribution >= 4 is 23.2 Å². The lowest BCUT2D eigenvalue weighted by Crippen LogP contribution is -1.99. The molecule has 0 bridgehead atoms. The van der Waals surface area contributed by atoms with Crippen LogP contribution in [0.1, 0.15) is 11.7 Å². The summed E-state index contributed by atoms with van der Waals surface area (Å²) in [5, 5.41) is 4.70. The molecule has 2 aromatic rings. The molecule has 2 rings (SSSR count). The molecule has 0 radical (unpaired) electrons. The number of rotatable bonds is 4. The largest absolute Gasteiger partial charge is 0.485 e. The molecule has 0 aliphatic heterocycles. The van der Waals surface area contributed by atoms with Crippen molar-refractivity contribution in [2.75, 3.05) is 0 Å². The Morgan fingerprint density at radius 2 is 1.94 bits per heavy atom. The molecule has 17 heavy (non-hydrogen) atoms. The third kappa shape index (κ3) is 3.33. The van der Waals surface area contributed by atoms with Gasteiger partial charge in [-0.2, -0.15) is 4.98 Å². The van der Waals surface area contributed by atoms with Crippen molar-refractivity contribution in [1.82, 2.24) is 10.1 Å². The second-order valence-corrected chi connectivity index (χ2v) is 4.08. The van der Waals surface area contributed by atoms with E-state index in [0.717, 1.165) is 0 Å². The molecule has 0 amide bonds. The average molecular weight is 274 g/mol. The van der Waals surface area contributed by atoms with Gasteiger partial charge < -0.3 is 15.0 Å². The zero-order valence-corrected chi connectivity index (χ0v) is 10.2. The zero-order valence-electron chi connectivity index (χ0n) is 8.69. The van der Waals surface area contributed by atoms with Gasteiger partial charge in [-0.05, 0) is 18.2 Å². The highest BCUT2D eigenvalue weighted by Gasteiger charge is 2.06. The highest BCUT2D eigenvalue weighted by Crippen LogP contribution is 2.24. The van der Waals surface area contributed by atoms with Crippen LogP contribution in [0.3, 0.4) is 0 Å². The van der Waals surface area contributed by atoms with Crippen LogP contribution in [0.4, 0.5) is 0 Å². The van der Waals surface area contributed by atoms with Crippen molar-refractivity contribution in [2.45, 2.75) is 13.2 Å². The summed E-state index contributed by atoms with van der Waals surface area (Å²) < 4.78 is 10.2. The summed E-state index contributed by atoms with van der Waals surface area (Å²) in [5.41, 5.74) is 5.34. The van der Waals surface area contributed by atoms with Gasteiger partial charge in [0.2, 0.25) is 11.7 Å². The molecule has 0 spiro atoms. The second kappa shape index (κ2) is 5.35. The first-order valence-corrected chi connectivity index (χ1v) is 5.53. The van der Waals surface area contributed by atoms with Gasteiger partial charge in [0.25, 0.3) is 0 Å². The third-order valence-corrected chi connectivity index (χ3v) is 2.33. The Bertz CT molecular complexity index is 496. The first kappa shape index (κ1) is 12.2.